The number of hydrogen-bond donors (Lipinski definition) is 1. The zero-order valence-corrected chi connectivity index (χ0v) is 15.1. The zero-order valence-electron chi connectivity index (χ0n) is 15.1. The second kappa shape index (κ2) is 7.75. The van der Waals surface area contributed by atoms with Crippen LogP contribution in [0.1, 0.15) is 43.7 Å². The van der Waals surface area contributed by atoms with Crippen molar-refractivity contribution in [3.63, 3.8) is 0 Å². The Bertz CT molecular complexity index is 1040. The van der Waals surface area contributed by atoms with Crippen molar-refractivity contribution >= 4 is 34.8 Å². The van der Waals surface area contributed by atoms with Crippen molar-refractivity contribution in [1.82, 2.24) is 9.97 Å². The monoisotopic (exact) mass is 382 g/mol. The van der Waals surface area contributed by atoms with E-state index in [4.69, 9.17) is 4.42 Å². The van der Waals surface area contributed by atoms with Crippen LogP contribution in [0, 0.1) is 15.9 Å². The minimum Gasteiger partial charge on any atom is -0.401 e. The predicted molar refractivity (Wildman–Crippen MR) is 104 cm³/mol. The van der Waals surface area contributed by atoms with Crippen molar-refractivity contribution in [3.05, 3.63) is 57.8 Å². The summed E-state index contributed by atoms with van der Waals surface area (Å²) in [7, 11) is 0. The molecule has 0 unspecified atom stereocenters. The molecule has 4 rings (SSSR count). The number of nitro groups is 1. The van der Waals surface area contributed by atoms with E-state index in [2.05, 4.69) is 15.3 Å². The van der Waals surface area contributed by atoms with E-state index in [1.54, 1.807) is 18.2 Å². The quantitative estimate of drug-likeness (QED) is 0.482. The molecular formula is C20H19FN4O3. The molecule has 1 aliphatic carbocycles. The minimum atomic E-state index is -0.598. The molecule has 0 aliphatic heterocycles. The summed E-state index contributed by atoms with van der Waals surface area (Å²) in [6, 6.07) is 7.57. The fourth-order valence-electron chi connectivity index (χ4n) is 3.43. The molecule has 1 N–H and O–H groups in total. The number of fused-ring (bicyclic) bond motifs is 1. The first-order chi connectivity index (χ1) is 13.6. The molecule has 0 amide bonds. The number of hydrogen-bond acceptors (Lipinski definition) is 6. The van der Waals surface area contributed by atoms with Crippen LogP contribution in [0.2, 0.25) is 0 Å². The predicted octanol–water partition coefficient (Wildman–Crippen LogP) is 5.19. The van der Waals surface area contributed by atoms with Gasteiger partial charge < -0.3 is 9.73 Å². The average molecular weight is 382 g/mol. The van der Waals surface area contributed by atoms with E-state index in [0.29, 0.717) is 29.0 Å². The number of furan rings is 1. The van der Waals surface area contributed by atoms with Gasteiger partial charge in [-0.25, -0.2) is 14.4 Å². The van der Waals surface area contributed by atoms with Crippen LogP contribution in [0.15, 0.2) is 34.7 Å². The van der Waals surface area contributed by atoms with E-state index in [-0.39, 0.29) is 11.7 Å². The van der Waals surface area contributed by atoms with Gasteiger partial charge in [0.25, 0.3) is 0 Å². The van der Waals surface area contributed by atoms with Crippen molar-refractivity contribution in [2.75, 3.05) is 5.32 Å². The molecule has 28 heavy (non-hydrogen) atoms. The molecular weight excluding hydrogens is 363 g/mol. The molecule has 1 fully saturated rings. The summed E-state index contributed by atoms with van der Waals surface area (Å²) in [4.78, 5) is 19.1. The third-order valence-corrected chi connectivity index (χ3v) is 4.81. The Morgan fingerprint density at radius 2 is 1.96 bits per heavy atom. The zero-order chi connectivity index (χ0) is 19.5. The van der Waals surface area contributed by atoms with Crippen molar-refractivity contribution in [1.29, 1.82) is 0 Å². The largest absolute Gasteiger partial charge is 0.433 e. The Hall–Kier alpha value is -3.29. The van der Waals surface area contributed by atoms with Crippen LogP contribution >= 0.6 is 0 Å². The lowest BCUT2D eigenvalue weighted by Crippen LogP contribution is -2.23. The van der Waals surface area contributed by atoms with E-state index in [0.717, 1.165) is 18.2 Å². The normalized spacial score (nSPS) is 15.3. The Morgan fingerprint density at radius 1 is 1.14 bits per heavy atom. The topological polar surface area (TPSA) is 94.1 Å². The SMILES string of the molecule is O=[N+]([O-])c1ccc(/C=C/c2nc(NC3CCCCC3)c3ccc(F)cc3n2)o1. The second-order valence-corrected chi connectivity index (χ2v) is 6.84. The molecule has 3 aromatic rings. The van der Waals surface area contributed by atoms with Gasteiger partial charge in [-0.2, -0.15) is 0 Å². The molecule has 0 bridgehead atoms. The summed E-state index contributed by atoms with van der Waals surface area (Å²) in [6.07, 6.45) is 8.91. The highest BCUT2D eigenvalue weighted by Crippen LogP contribution is 2.27. The molecule has 8 heteroatoms. The van der Waals surface area contributed by atoms with Crippen LogP contribution < -0.4 is 5.32 Å². The van der Waals surface area contributed by atoms with Crippen molar-refractivity contribution < 1.29 is 13.7 Å². The van der Waals surface area contributed by atoms with Gasteiger partial charge in [-0.1, -0.05) is 19.3 Å². The van der Waals surface area contributed by atoms with E-state index in [9.17, 15) is 14.5 Å². The Balaban J connectivity index is 1.66. The molecule has 1 saturated carbocycles. The number of aromatic nitrogens is 2. The third kappa shape index (κ3) is 4.00. The average Bonchev–Trinajstić information content (AvgIpc) is 3.16. The maximum Gasteiger partial charge on any atom is 0.433 e. The van der Waals surface area contributed by atoms with Gasteiger partial charge in [-0.05, 0) is 43.2 Å². The van der Waals surface area contributed by atoms with Crippen LogP contribution in [0.5, 0.6) is 0 Å². The lowest BCUT2D eigenvalue weighted by atomic mass is 9.95. The summed E-state index contributed by atoms with van der Waals surface area (Å²) in [5.41, 5.74) is 0.499. The Labute approximate surface area is 160 Å². The van der Waals surface area contributed by atoms with Crippen LogP contribution in [-0.4, -0.2) is 20.9 Å². The number of benzene rings is 1. The smallest absolute Gasteiger partial charge is 0.401 e. The number of halogens is 1. The van der Waals surface area contributed by atoms with Gasteiger partial charge in [0.05, 0.1) is 11.6 Å². The highest BCUT2D eigenvalue weighted by molar-refractivity contribution is 5.90. The molecule has 2 aromatic heterocycles. The molecule has 144 valence electrons. The van der Waals surface area contributed by atoms with Crippen molar-refractivity contribution in [2.24, 2.45) is 0 Å². The van der Waals surface area contributed by atoms with Gasteiger partial charge in [-0.3, -0.25) is 10.1 Å². The first-order valence-electron chi connectivity index (χ1n) is 9.24. The lowest BCUT2D eigenvalue weighted by molar-refractivity contribution is -0.402. The van der Waals surface area contributed by atoms with Gasteiger partial charge in [0, 0.05) is 17.5 Å². The van der Waals surface area contributed by atoms with Crippen molar-refractivity contribution in [3.8, 4) is 0 Å². The summed E-state index contributed by atoms with van der Waals surface area (Å²) < 4.78 is 18.8. The second-order valence-electron chi connectivity index (χ2n) is 6.84. The van der Waals surface area contributed by atoms with E-state index in [1.807, 2.05) is 0 Å². The molecule has 1 aliphatic rings. The summed E-state index contributed by atoms with van der Waals surface area (Å²) >= 11 is 0. The third-order valence-electron chi connectivity index (χ3n) is 4.81. The molecule has 0 radical (unpaired) electrons. The first kappa shape index (κ1) is 18.1. The Kier molecular flexibility index (Phi) is 5.01. The number of nitrogens with one attached hydrogen (secondary N) is 1. The van der Waals surface area contributed by atoms with E-state index < -0.39 is 4.92 Å². The first-order valence-corrected chi connectivity index (χ1v) is 9.24. The Morgan fingerprint density at radius 3 is 2.71 bits per heavy atom. The maximum atomic E-state index is 13.7. The van der Waals surface area contributed by atoms with Crippen LogP contribution in [-0.2, 0) is 0 Å². The highest BCUT2D eigenvalue weighted by Gasteiger charge is 2.16. The fraction of sp³-hybridized carbons (Fsp3) is 0.300. The standard InChI is InChI=1S/C20H19FN4O3/c21-13-6-9-16-17(12-13)23-18(10-7-15-8-11-19(28-15)25(26)27)24-20(16)22-14-4-2-1-3-5-14/h6-12,14H,1-5H2,(H,22,23,24)/b10-7+. The van der Waals surface area contributed by atoms with Gasteiger partial charge in [0.1, 0.15) is 22.3 Å². The van der Waals surface area contributed by atoms with Crippen LogP contribution in [0.25, 0.3) is 23.1 Å². The molecule has 0 spiro atoms. The number of rotatable bonds is 5. The van der Waals surface area contributed by atoms with Crippen molar-refractivity contribution in [2.45, 2.75) is 38.1 Å². The number of nitrogens with zero attached hydrogens (tertiary/aromatic N) is 3. The van der Waals surface area contributed by atoms with Crippen LogP contribution in [0.4, 0.5) is 16.1 Å². The van der Waals surface area contributed by atoms with E-state index in [1.165, 1.54) is 43.5 Å². The summed E-state index contributed by atoms with van der Waals surface area (Å²) in [5.74, 6) is 0.654. The molecule has 2 heterocycles. The summed E-state index contributed by atoms with van der Waals surface area (Å²) in [6.45, 7) is 0. The van der Waals surface area contributed by atoms with Crippen LogP contribution in [0.3, 0.4) is 0 Å². The fourth-order valence-corrected chi connectivity index (χ4v) is 3.43. The number of anilines is 1. The molecule has 7 nitrogen and oxygen atoms in total. The molecule has 0 atom stereocenters. The molecule has 1 aromatic carbocycles. The van der Waals surface area contributed by atoms with Gasteiger partial charge >= 0.3 is 5.88 Å². The van der Waals surface area contributed by atoms with Gasteiger partial charge in [0.2, 0.25) is 0 Å². The van der Waals surface area contributed by atoms with Gasteiger partial charge in [0.15, 0.2) is 5.82 Å². The highest BCUT2D eigenvalue weighted by atomic mass is 19.1. The van der Waals surface area contributed by atoms with Gasteiger partial charge in [-0.15, -0.1) is 0 Å². The summed E-state index contributed by atoms with van der Waals surface area (Å²) in [5, 5.41) is 15.0. The minimum absolute atomic E-state index is 0.316. The lowest BCUT2D eigenvalue weighted by Gasteiger charge is -2.24. The maximum absolute atomic E-state index is 13.7. The molecule has 0 saturated heterocycles. The van der Waals surface area contributed by atoms with E-state index >= 15 is 0 Å².